The van der Waals surface area contributed by atoms with Crippen LogP contribution in [0, 0.1) is 12.3 Å². The first kappa shape index (κ1) is 10.6. The van der Waals surface area contributed by atoms with Crippen molar-refractivity contribution in [1.82, 2.24) is 9.97 Å². The second kappa shape index (κ2) is 4.76. The van der Waals surface area contributed by atoms with Crippen LogP contribution in [-0.4, -0.2) is 9.97 Å². The van der Waals surface area contributed by atoms with Gasteiger partial charge in [-0.05, 0) is 25.0 Å². The van der Waals surface area contributed by atoms with Crippen molar-refractivity contribution in [2.24, 2.45) is 0 Å². The summed E-state index contributed by atoms with van der Waals surface area (Å²) < 4.78 is 0. The summed E-state index contributed by atoms with van der Waals surface area (Å²) in [4.78, 5) is 8.87. The summed E-state index contributed by atoms with van der Waals surface area (Å²) in [6.45, 7) is 2.10. The fourth-order valence-corrected chi connectivity index (χ4v) is 1.72. The van der Waals surface area contributed by atoms with Crippen molar-refractivity contribution < 1.29 is 0 Å². The molecule has 0 aliphatic rings. The zero-order chi connectivity index (χ0) is 11.4. The lowest BCUT2D eigenvalue weighted by Gasteiger charge is -2.08. The molecule has 2 aromatic rings. The average molecular weight is 209 g/mol. The van der Waals surface area contributed by atoms with Crippen molar-refractivity contribution in [3.8, 4) is 5.92 Å². The quantitative estimate of drug-likeness (QED) is 0.726. The number of hydrogen-bond acceptors (Lipinski definition) is 2. The third-order valence-electron chi connectivity index (χ3n) is 2.58. The Morgan fingerprint density at radius 2 is 2.06 bits per heavy atom. The molecule has 79 valence electrons. The molecular formula is C14H13N2. The molecule has 2 rings (SSSR count). The number of aromatic nitrogens is 2. The van der Waals surface area contributed by atoms with Gasteiger partial charge < -0.3 is 0 Å². The van der Waals surface area contributed by atoms with Gasteiger partial charge in [-0.15, -0.1) is 0 Å². The highest BCUT2D eigenvalue weighted by molar-refractivity contribution is 5.73. The molecule has 1 heterocycles. The zero-order valence-corrected chi connectivity index (χ0v) is 9.27. The Morgan fingerprint density at radius 1 is 1.31 bits per heavy atom. The van der Waals surface area contributed by atoms with Crippen LogP contribution in [0.25, 0.3) is 11.0 Å². The van der Waals surface area contributed by atoms with E-state index in [4.69, 9.17) is 6.42 Å². The van der Waals surface area contributed by atoms with Gasteiger partial charge in [0.15, 0.2) is 0 Å². The SMILES string of the molecule is [C]#CC(CCC)c1cnc2ccccc2n1. The topological polar surface area (TPSA) is 25.8 Å². The molecule has 1 radical (unpaired) electrons. The standard InChI is InChI=1S/C14H13N2/c1-3-7-11(4-2)14-10-15-12-8-5-6-9-13(12)16-14/h5-6,8-11H,3,7H2,1H3. The van der Waals surface area contributed by atoms with Crippen LogP contribution in [0.2, 0.25) is 0 Å². The minimum Gasteiger partial charge on any atom is -0.253 e. The van der Waals surface area contributed by atoms with Crippen LogP contribution in [0.4, 0.5) is 0 Å². The lowest BCUT2D eigenvalue weighted by molar-refractivity contribution is 0.715. The first-order valence-corrected chi connectivity index (χ1v) is 5.49. The Hall–Kier alpha value is -1.88. The van der Waals surface area contributed by atoms with Crippen LogP contribution in [-0.2, 0) is 0 Å². The average Bonchev–Trinajstić information content (AvgIpc) is 2.35. The predicted molar refractivity (Wildman–Crippen MR) is 64.3 cm³/mol. The summed E-state index contributed by atoms with van der Waals surface area (Å²) in [5.41, 5.74) is 2.62. The van der Waals surface area contributed by atoms with Gasteiger partial charge >= 0.3 is 0 Å². The first-order valence-electron chi connectivity index (χ1n) is 5.49. The Bertz CT molecular complexity index is 525. The third-order valence-corrected chi connectivity index (χ3v) is 2.58. The molecule has 0 amide bonds. The highest BCUT2D eigenvalue weighted by atomic mass is 14.8. The fourth-order valence-electron chi connectivity index (χ4n) is 1.72. The van der Waals surface area contributed by atoms with Crippen molar-refractivity contribution in [3.63, 3.8) is 0 Å². The van der Waals surface area contributed by atoms with E-state index in [-0.39, 0.29) is 5.92 Å². The van der Waals surface area contributed by atoms with Crippen LogP contribution in [0.3, 0.4) is 0 Å². The fraction of sp³-hybridized carbons (Fsp3) is 0.286. The van der Waals surface area contributed by atoms with Gasteiger partial charge in [0.05, 0.1) is 28.8 Å². The smallest absolute Gasteiger partial charge is 0.0890 e. The highest BCUT2D eigenvalue weighted by Crippen LogP contribution is 2.19. The van der Waals surface area contributed by atoms with Crippen LogP contribution < -0.4 is 0 Å². The molecule has 0 spiro atoms. The molecule has 1 unspecified atom stereocenters. The second-order valence-electron chi connectivity index (χ2n) is 3.77. The van der Waals surface area contributed by atoms with Crippen molar-refractivity contribution in [2.75, 3.05) is 0 Å². The highest BCUT2D eigenvalue weighted by Gasteiger charge is 2.10. The number of hydrogen-bond donors (Lipinski definition) is 0. The molecule has 0 fully saturated rings. The van der Waals surface area contributed by atoms with Gasteiger partial charge in [-0.25, -0.2) is 4.98 Å². The molecule has 16 heavy (non-hydrogen) atoms. The summed E-state index contributed by atoms with van der Waals surface area (Å²) in [6, 6.07) is 7.78. The van der Waals surface area contributed by atoms with Crippen molar-refractivity contribution in [1.29, 1.82) is 0 Å². The van der Waals surface area contributed by atoms with E-state index in [1.807, 2.05) is 24.3 Å². The van der Waals surface area contributed by atoms with Crippen LogP contribution in [0.5, 0.6) is 0 Å². The van der Waals surface area contributed by atoms with E-state index in [9.17, 15) is 0 Å². The largest absolute Gasteiger partial charge is 0.253 e. The molecule has 0 aliphatic carbocycles. The Labute approximate surface area is 95.7 Å². The molecule has 0 saturated carbocycles. The van der Waals surface area contributed by atoms with Gasteiger partial charge in [0, 0.05) is 0 Å². The number of rotatable bonds is 3. The van der Waals surface area contributed by atoms with Crippen molar-refractivity contribution >= 4 is 11.0 Å². The lowest BCUT2D eigenvalue weighted by atomic mass is 10.0. The van der Waals surface area contributed by atoms with Gasteiger partial charge in [-0.2, -0.15) is 0 Å². The maximum Gasteiger partial charge on any atom is 0.0890 e. The predicted octanol–water partition coefficient (Wildman–Crippen LogP) is 3.10. The zero-order valence-electron chi connectivity index (χ0n) is 9.27. The first-order chi connectivity index (χ1) is 7.85. The molecule has 0 saturated heterocycles. The van der Waals surface area contributed by atoms with Gasteiger partial charge in [0.25, 0.3) is 0 Å². The number of nitrogens with zero attached hydrogens (tertiary/aromatic N) is 2. The maximum absolute atomic E-state index is 7.29. The monoisotopic (exact) mass is 209 g/mol. The molecule has 2 nitrogen and oxygen atoms in total. The maximum atomic E-state index is 7.29. The Morgan fingerprint density at radius 3 is 2.75 bits per heavy atom. The normalized spacial score (nSPS) is 12.2. The van der Waals surface area contributed by atoms with Gasteiger partial charge in [-0.3, -0.25) is 4.98 Å². The van der Waals surface area contributed by atoms with Crippen molar-refractivity contribution in [3.05, 3.63) is 42.6 Å². The molecule has 1 aromatic heterocycles. The second-order valence-corrected chi connectivity index (χ2v) is 3.77. The molecule has 0 N–H and O–H groups in total. The molecule has 1 atom stereocenters. The van der Waals surface area contributed by atoms with Gasteiger partial charge in [0.2, 0.25) is 0 Å². The third kappa shape index (κ3) is 2.04. The molecule has 0 aliphatic heterocycles. The van der Waals surface area contributed by atoms with Gasteiger partial charge in [-0.1, -0.05) is 31.4 Å². The van der Waals surface area contributed by atoms with Crippen LogP contribution in [0.1, 0.15) is 31.4 Å². The van der Waals surface area contributed by atoms with Gasteiger partial charge in [0.1, 0.15) is 0 Å². The minimum absolute atomic E-state index is 0.0258. The van der Waals surface area contributed by atoms with Crippen LogP contribution in [0.15, 0.2) is 30.5 Å². The van der Waals surface area contributed by atoms with E-state index < -0.39 is 0 Å². The molecule has 0 bridgehead atoms. The molecule has 1 aromatic carbocycles. The summed E-state index contributed by atoms with van der Waals surface area (Å²) >= 11 is 0. The van der Waals surface area contributed by atoms with E-state index in [0.29, 0.717) is 0 Å². The summed E-state index contributed by atoms with van der Waals surface area (Å²) in [7, 11) is 0. The van der Waals surface area contributed by atoms with E-state index >= 15 is 0 Å². The Balaban J connectivity index is 2.42. The van der Waals surface area contributed by atoms with E-state index in [1.54, 1.807) is 6.20 Å². The number of benzene rings is 1. The van der Waals surface area contributed by atoms with E-state index in [0.717, 1.165) is 29.6 Å². The van der Waals surface area contributed by atoms with E-state index in [1.165, 1.54) is 0 Å². The lowest BCUT2D eigenvalue weighted by Crippen LogP contribution is -2.00. The summed E-state index contributed by atoms with van der Waals surface area (Å²) in [6.07, 6.45) is 11.0. The molecular weight excluding hydrogens is 196 g/mol. The summed E-state index contributed by atoms with van der Waals surface area (Å²) in [5, 5.41) is 0. The minimum atomic E-state index is -0.0258. The Kier molecular flexibility index (Phi) is 3.16. The molecule has 2 heteroatoms. The number of fused-ring (bicyclic) bond motifs is 1. The number of para-hydroxylation sites is 2. The van der Waals surface area contributed by atoms with E-state index in [2.05, 4.69) is 22.8 Å². The van der Waals surface area contributed by atoms with Crippen molar-refractivity contribution in [2.45, 2.75) is 25.7 Å². The summed E-state index contributed by atoms with van der Waals surface area (Å²) in [5.74, 6) is 2.51. The van der Waals surface area contributed by atoms with Crippen LogP contribution >= 0.6 is 0 Å².